The summed E-state index contributed by atoms with van der Waals surface area (Å²) in [5.74, 6) is 0.385. The fourth-order valence-corrected chi connectivity index (χ4v) is 0.991. The Morgan fingerprint density at radius 3 is 2.64 bits per heavy atom. The van der Waals surface area contributed by atoms with Gasteiger partial charge < -0.3 is 10.6 Å². The van der Waals surface area contributed by atoms with Crippen LogP contribution in [0.15, 0.2) is 24.0 Å². The molecule has 0 spiro atoms. The van der Waals surface area contributed by atoms with Crippen LogP contribution in [0.2, 0.25) is 0 Å². The molecule has 3 nitrogen and oxygen atoms in total. The maximum absolute atomic E-state index is 10.7. The highest BCUT2D eigenvalue weighted by Crippen LogP contribution is 2.16. The minimum absolute atomic E-state index is 0.209. The maximum Gasteiger partial charge on any atom is 0.323 e. The van der Waals surface area contributed by atoms with E-state index in [1.54, 1.807) is 6.20 Å². The summed E-state index contributed by atoms with van der Waals surface area (Å²) in [6, 6.07) is -0.209. The van der Waals surface area contributed by atoms with E-state index in [0.29, 0.717) is 11.6 Å². The fraction of sp³-hybridized carbons (Fsp3) is 0.375. The van der Waals surface area contributed by atoms with Gasteiger partial charge in [0.25, 0.3) is 0 Å². The molecule has 0 atom stereocenters. The van der Waals surface area contributed by atoms with Crippen molar-refractivity contribution in [1.82, 2.24) is 10.6 Å². The molecule has 0 aromatic carbocycles. The molecule has 3 heteroatoms. The van der Waals surface area contributed by atoms with Crippen molar-refractivity contribution in [2.75, 3.05) is 0 Å². The van der Waals surface area contributed by atoms with E-state index in [9.17, 15) is 4.79 Å². The van der Waals surface area contributed by atoms with Crippen molar-refractivity contribution < 1.29 is 4.79 Å². The highest BCUT2D eigenvalue weighted by molar-refractivity contribution is 5.79. The van der Waals surface area contributed by atoms with Crippen LogP contribution in [0.1, 0.15) is 13.8 Å². The largest absolute Gasteiger partial charge is 0.323 e. The van der Waals surface area contributed by atoms with Gasteiger partial charge in [-0.1, -0.05) is 20.4 Å². The zero-order valence-electron chi connectivity index (χ0n) is 6.77. The fourth-order valence-electron chi connectivity index (χ4n) is 0.991. The molecule has 2 amide bonds. The number of amides is 2. The molecule has 0 aromatic rings. The van der Waals surface area contributed by atoms with E-state index in [1.807, 2.05) is 0 Å². The average Bonchev–Trinajstić information content (AvgIpc) is 1.85. The molecule has 1 heterocycles. The van der Waals surface area contributed by atoms with Crippen LogP contribution in [0.5, 0.6) is 0 Å². The lowest BCUT2D eigenvalue weighted by Crippen LogP contribution is -2.37. The van der Waals surface area contributed by atoms with E-state index in [1.165, 1.54) is 0 Å². The Hall–Kier alpha value is -1.25. The smallest absolute Gasteiger partial charge is 0.314 e. The number of hydrogen-bond donors (Lipinski definition) is 2. The molecule has 0 bridgehead atoms. The van der Waals surface area contributed by atoms with Crippen LogP contribution in [0.4, 0.5) is 4.79 Å². The van der Waals surface area contributed by atoms with Crippen LogP contribution in [0.25, 0.3) is 0 Å². The van der Waals surface area contributed by atoms with Crippen LogP contribution in [0, 0.1) is 5.92 Å². The Bertz CT molecular complexity index is 228. The molecule has 0 aliphatic carbocycles. The second kappa shape index (κ2) is 2.78. The van der Waals surface area contributed by atoms with Crippen molar-refractivity contribution in [1.29, 1.82) is 0 Å². The third-order valence-corrected chi connectivity index (χ3v) is 1.59. The molecular weight excluding hydrogens is 140 g/mol. The molecule has 0 saturated heterocycles. The van der Waals surface area contributed by atoms with E-state index in [2.05, 4.69) is 31.1 Å². The maximum atomic E-state index is 10.7. The van der Waals surface area contributed by atoms with E-state index in [0.717, 1.165) is 5.57 Å². The van der Waals surface area contributed by atoms with E-state index in [-0.39, 0.29) is 6.03 Å². The molecule has 60 valence electrons. The second-order valence-electron chi connectivity index (χ2n) is 2.83. The minimum atomic E-state index is -0.209. The highest BCUT2D eigenvalue weighted by atomic mass is 16.2. The third kappa shape index (κ3) is 1.61. The molecule has 1 rings (SSSR count). The van der Waals surface area contributed by atoms with Crippen LogP contribution in [-0.4, -0.2) is 6.03 Å². The number of urea groups is 1. The molecule has 0 aromatic heterocycles. The van der Waals surface area contributed by atoms with E-state index >= 15 is 0 Å². The lowest BCUT2D eigenvalue weighted by Gasteiger charge is -2.19. The van der Waals surface area contributed by atoms with E-state index < -0.39 is 0 Å². The van der Waals surface area contributed by atoms with Gasteiger partial charge in [-0.3, -0.25) is 0 Å². The number of allylic oxidation sites excluding steroid dienone is 1. The number of carbonyl (C=O) groups excluding carboxylic acids is 1. The Morgan fingerprint density at radius 2 is 2.18 bits per heavy atom. The molecule has 0 saturated carbocycles. The molecule has 1 aliphatic rings. The van der Waals surface area contributed by atoms with Gasteiger partial charge in [-0.15, -0.1) is 0 Å². The summed E-state index contributed by atoms with van der Waals surface area (Å²) >= 11 is 0. The monoisotopic (exact) mass is 152 g/mol. The van der Waals surface area contributed by atoms with Gasteiger partial charge in [-0.2, -0.15) is 0 Å². The topological polar surface area (TPSA) is 41.1 Å². The Morgan fingerprint density at radius 1 is 1.55 bits per heavy atom. The van der Waals surface area contributed by atoms with Gasteiger partial charge in [0.1, 0.15) is 0 Å². The van der Waals surface area contributed by atoms with Gasteiger partial charge >= 0.3 is 6.03 Å². The number of hydrogen-bond acceptors (Lipinski definition) is 1. The number of nitrogens with one attached hydrogen (secondary N) is 2. The molecule has 0 fully saturated rings. The van der Waals surface area contributed by atoms with Gasteiger partial charge in [0, 0.05) is 11.9 Å². The van der Waals surface area contributed by atoms with Crippen LogP contribution in [-0.2, 0) is 0 Å². The van der Waals surface area contributed by atoms with E-state index in [4.69, 9.17) is 0 Å². The zero-order chi connectivity index (χ0) is 8.43. The molecule has 0 radical (unpaired) electrons. The second-order valence-corrected chi connectivity index (χ2v) is 2.83. The van der Waals surface area contributed by atoms with Crippen molar-refractivity contribution in [2.45, 2.75) is 13.8 Å². The molecule has 1 aliphatic heterocycles. The van der Waals surface area contributed by atoms with Gasteiger partial charge in [0.15, 0.2) is 0 Å². The number of carbonyl (C=O) groups is 1. The van der Waals surface area contributed by atoms with Crippen molar-refractivity contribution >= 4 is 6.03 Å². The summed E-state index contributed by atoms with van der Waals surface area (Å²) in [6.07, 6.45) is 1.70. The minimum Gasteiger partial charge on any atom is -0.314 e. The first-order valence-electron chi connectivity index (χ1n) is 3.58. The predicted molar refractivity (Wildman–Crippen MR) is 43.7 cm³/mol. The van der Waals surface area contributed by atoms with Gasteiger partial charge in [-0.05, 0) is 11.5 Å². The molecule has 11 heavy (non-hydrogen) atoms. The summed E-state index contributed by atoms with van der Waals surface area (Å²) in [5, 5.41) is 5.17. The van der Waals surface area contributed by atoms with Crippen molar-refractivity contribution in [3.8, 4) is 0 Å². The first-order valence-corrected chi connectivity index (χ1v) is 3.58. The first-order chi connectivity index (χ1) is 5.11. The Balaban J connectivity index is 2.81. The first kappa shape index (κ1) is 7.85. The van der Waals surface area contributed by atoms with Crippen molar-refractivity contribution in [3.05, 3.63) is 24.0 Å². The lowest BCUT2D eigenvalue weighted by atomic mass is 10.0. The number of rotatable bonds is 1. The van der Waals surface area contributed by atoms with Gasteiger partial charge in [0.05, 0.1) is 0 Å². The SMILES string of the molecule is C=C1NC(=O)NC=C1C(C)C. The van der Waals surface area contributed by atoms with Crippen molar-refractivity contribution in [3.63, 3.8) is 0 Å². The van der Waals surface area contributed by atoms with Crippen molar-refractivity contribution in [2.24, 2.45) is 5.92 Å². The predicted octanol–water partition coefficient (Wildman–Crippen LogP) is 1.35. The third-order valence-electron chi connectivity index (χ3n) is 1.59. The van der Waals surface area contributed by atoms with Gasteiger partial charge in [0.2, 0.25) is 0 Å². The summed E-state index contributed by atoms with van der Waals surface area (Å²) in [7, 11) is 0. The Kier molecular flexibility index (Phi) is 1.98. The van der Waals surface area contributed by atoms with Crippen LogP contribution < -0.4 is 10.6 Å². The molecule has 2 N–H and O–H groups in total. The summed E-state index contributed by atoms with van der Waals surface area (Å²) < 4.78 is 0. The Labute approximate surface area is 66.2 Å². The molecule has 0 unspecified atom stereocenters. The van der Waals surface area contributed by atoms with Crippen LogP contribution >= 0.6 is 0 Å². The summed E-state index contributed by atoms with van der Waals surface area (Å²) in [4.78, 5) is 10.7. The molecular formula is C8H12N2O. The quantitative estimate of drug-likeness (QED) is 0.585. The van der Waals surface area contributed by atoms with Gasteiger partial charge in [-0.25, -0.2) is 4.79 Å². The highest BCUT2D eigenvalue weighted by Gasteiger charge is 2.14. The normalized spacial score (nSPS) is 17.5. The van der Waals surface area contributed by atoms with Crippen LogP contribution in [0.3, 0.4) is 0 Å². The average molecular weight is 152 g/mol. The zero-order valence-corrected chi connectivity index (χ0v) is 6.77. The standard InChI is InChI=1S/C8H12N2O/c1-5(2)7-4-9-8(11)10-6(7)3/h4-5H,3H2,1-2H3,(H2,9,10,11). The summed E-state index contributed by atoms with van der Waals surface area (Å²) in [6.45, 7) is 7.83. The summed E-state index contributed by atoms with van der Waals surface area (Å²) in [5.41, 5.74) is 1.74. The lowest BCUT2D eigenvalue weighted by molar-refractivity contribution is 0.245.